The van der Waals surface area contributed by atoms with Gasteiger partial charge in [-0.1, -0.05) is 23.7 Å². The zero-order valence-electron chi connectivity index (χ0n) is 11.8. The van der Waals surface area contributed by atoms with Gasteiger partial charge in [-0.25, -0.2) is 0 Å². The van der Waals surface area contributed by atoms with Crippen LogP contribution in [0.3, 0.4) is 0 Å². The third kappa shape index (κ3) is 4.83. The van der Waals surface area contributed by atoms with Gasteiger partial charge in [0.2, 0.25) is 5.91 Å². The molecule has 1 unspecified atom stereocenters. The highest BCUT2D eigenvalue weighted by Crippen LogP contribution is 2.12. The third-order valence-electron chi connectivity index (χ3n) is 3.14. The average Bonchev–Trinajstić information content (AvgIpc) is 2.37. The molecule has 1 N–H and O–H groups in total. The number of hydrogen-bond acceptors (Lipinski definition) is 3. The summed E-state index contributed by atoms with van der Waals surface area (Å²) >= 11 is 5.89. The Morgan fingerprint density at radius 1 is 1.35 bits per heavy atom. The predicted molar refractivity (Wildman–Crippen MR) is 77.7 cm³/mol. The highest BCUT2D eigenvalue weighted by Gasteiger charge is 2.20. The number of carbonyl (C=O) groups is 2. The van der Waals surface area contributed by atoms with Crippen molar-refractivity contribution < 1.29 is 14.7 Å². The van der Waals surface area contributed by atoms with Gasteiger partial charge in [0.15, 0.2) is 0 Å². The molecule has 1 aromatic rings. The zero-order valence-corrected chi connectivity index (χ0v) is 12.6. The number of carboxylic acid groups (broad SMARTS) is 1. The number of amides is 1. The summed E-state index contributed by atoms with van der Waals surface area (Å²) in [5.41, 5.74) is 0.933. The molecular formula is C14H19ClN2O3. The lowest BCUT2D eigenvalue weighted by molar-refractivity contribution is -0.143. The minimum atomic E-state index is -0.946. The molecule has 0 spiro atoms. The van der Waals surface area contributed by atoms with Crippen LogP contribution in [0.1, 0.15) is 12.5 Å². The van der Waals surface area contributed by atoms with Crippen molar-refractivity contribution in [2.24, 2.45) is 0 Å². The molecule has 0 heterocycles. The van der Waals surface area contributed by atoms with Crippen molar-refractivity contribution >= 4 is 23.5 Å². The first-order valence-corrected chi connectivity index (χ1v) is 6.60. The molecule has 0 aromatic heterocycles. The first kappa shape index (κ1) is 16.5. The molecule has 6 heteroatoms. The van der Waals surface area contributed by atoms with Gasteiger partial charge in [0.1, 0.15) is 6.04 Å². The van der Waals surface area contributed by atoms with E-state index in [-0.39, 0.29) is 12.5 Å². The van der Waals surface area contributed by atoms with Gasteiger partial charge in [-0.3, -0.25) is 14.5 Å². The van der Waals surface area contributed by atoms with E-state index in [1.54, 1.807) is 38.1 Å². The Balaban J connectivity index is 2.57. The van der Waals surface area contributed by atoms with Crippen molar-refractivity contribution in [3.05, 3.63) is 34.9 Å². The van der Waals surface area contributed by atoms with E-state index in [0.29, 0.717) is 11.6 Å². The van der Waals surface area contributed by atoms with Crippen LogP contribution in [0.15, 0.2) is 24.3 Å². The SMILES string of the molecule is CC(C(=O)O)N(C)CC(=O)N(C)Cc1cccc(Cl)c1. The van der Waals surface area contributed by atoms with Gasteiger partial charge in [-0.2, -0.15) is 0 Å². The van der Waals surface area contributed by atoms with Crippen LogP contribution < -0.4 is 0 Å². The van der Waals surface area contributed by atoms with E-state index < -0.39 is 12.0 Å². The Morgan fingerprint density at radius 3 is 2.55 bits per heavy atom. The molecule has 5 nitrogen and oxygen atoms in total. The fourth-order valence-electron chi connectivity index (χ4n) is 1.66. The van der Waals surface area contributed by atoms with Crippen LogP contribution in [0, 0.1) is 0 Å². The van der Waals surface area contributed by atoms with Crippen molar-refractivity contribution in [3.8, 4) is 0 Å². The van der Waals surface area contributed by atoms with Crippen LogP contribution in [0.2, 0.25) is 5.02 Å². The van der Waals surface area contributed by atoms with Gasteiger partial charge in [0, 0.05) is 18.6 Å². The minimum Gasteiger partial charge on any atom is -0.480 e. The quantitative estimate of drug-likeness (QED) is 0.868. The summed E-state index contributed by atoms with van der Waals surface area (Å²) in [5.74, 6) is -1.08. The second-order valence-electron chi connectivity index (χ2n) is 4.81. The van der Waals surface area contributed by atoms with E-state index in [1.165, 1.54) is 4.90 Å². The Bertz CT molecular complexity index is 493. The summed E-state index contributed by atoms with van der Waals surface area (Å²) < 4.78 is 0. The van der Waals surface area contributed by atoms with Gasteiger partial charge in [0.05, 0.1) is 6.54 Å². The number of hydrogen-bond donors (Lipinski definition) is 1. The lowest BCUT2D eigenvalue weighted by Crippen LogP contribution is -2.43. The minimum absolute atomic E-state index is 0.0601. The number of likely N-dealkylation sites (N-methyl/N-ethyl adjacent to an activating group) is 2. The second-order valence-corrected chi connectivity index (χ2v) is 5.25. The first-order valence-electron chi connectivity index (χ1n) is 6.22. The molecule has 1 rings (SSSR count). The summed E-state index contributed by atoms with van der Waals surface area (Å²) in [6.07, 6.45) is 0. The van der Waals surface area contributed by atoms with Crippen molar-refractivity contribution in [3.63, 3.8) is 0 Å². The van der Waals surface area contributed by atoms with Gasteiger partial charge in [0.25, 0.3) is 0 Å². The Hall–Kier alpha value is -1.59. The summed E-state index contributed by atoms with van der Waals surface area (Å²) in [6, 6.07) is 6.59. The van der Waals surface area contributed by atoms with Crippen molar-refractivity contribution in [1.82, 2.24) is 9.80 Å². The third-order valence-corrected chi connectivity index (χ3v) is 3.37. The van der Waals surface area contributed by atoms with Crippen molar-refractivity contribution in [2.45, 2.75) is 19.5 Å². The number of halogens is 1. The van der Waals surface area contributed by atoms with Gasteiger partial charge >= 0.3 is 5.97 Å². The molecule has 110 valence electrons. The number of rotatable bonds is 6. The van der Waals surface area contributed by atoms with E-state index in [9.17, 15) is 9.59 Å². The summed E-state index contributed by atoms with van der Waals surface area (Å²) in [4.78, 5) is 25.9. The fourth-order valence-corrected chi connectivity index (χ4v) is 1.87. The number of aliphatic carboxylic acids is 1. The van der Waals surface area contributed by atoms with Crippen LogP contribution in [-0.2, 0) is 16.1 Å². The Morgan fingerprint density at radius 2 is 2.00 bits per heavy atom. The smallest absolute Gasteiger partial charge is 0.320 e. The molecule has 0 radical (unpaired) electrons. The maximum Gasteiger partial charge on any atom is 0.320 e. The summed E-state index contributed by atoms with van der Waals surface area (Å²) in [7, 11) is 3.30. The molecule has 0 aliphatic heterocycles. The van der Waals surface area contributed by atoms with E-state index in [2.05, 4.69) is 0 Å². The molecule has 0 bridgehead atoms. The Labute approximate surface area is 123 Å². The maximum absolute atomic E-state index is 12.0. The average molecular weight is 299 g/mol. The number of nitrogens with zero attached hydrogens (tertiary/aromatic N) is 2. The van der Waals surface area contributed by atoms with Crippen LogP contribution >= 0.6 is 11.6 Å². The highest BCUT2D eigenvalue weighted by atomic mass is 35.5. The molecular weight excluding hydrogens is 280 g/mol. The predicted octanol–water partition coefficient (Wildman–Crippen LogP) is 1.70. The molecule has 0 fully saturated rings. The lowest BCUT2D eigenvalue weighted by atomic mass is 10.2. The molecule has 0 saturated carbocycles. The molecule has 0 saturated heterocycles. The topological polar surface area (TPSA) is 60.9 Å². The molecule has 1 amide bonds. The fraction of sp³-hybridized carbons (Fsp3) is 0.429. The van der Waals surface area contributed by atoms with E-state index >= 15 is 0 Å². The number of benzene rings is 1. The number of carbonyl (C=O) groups excluding carboxylic acids is 1. The van der Waals surface area contributed by atoms with Crippen LogP contribution in [0.25, 0.3) is 0 Å². The largest absolute Gasteiger partial charge is 0.480 e. The maximum atomic E-state index is 12.0. The van der Waals surface area contributed by atoms with Gasteiger partial charge in [-0.15, -0.1) is 0 Å². The number of carboxylic acids is 1. The highest BCUT2D eigenvalue weighted by molar-refractivity contribution is 6.30. The monoisotopic (exact) mass is 298 g/mol. The first-order chi connectivity index (χ1) is 9.31. The molecule has 20 heavy (non-hydrogen) atoms. The molecule has 0 aliphatic carbocycles. The zero-order chi connectivity index (χ0) is 15.3. The van der Waals surface area contributed by atoms with E-state index in [4.69, 9.17) is 16.7 Å². The molecule has 0 aliphatic rings. The molecule has 1 atom stereocenters. The lowest BCUT2D eigenvalue weighted by Gasteiger charge is -2.24. The summed E-state index contributed by atoms with van der Waals surface area (Å²) in [6.45, 7) is 2.05. The van der Waals surface area contributed by atoms with Crippen LogP contribution in [0.5, 0.6) is 0 Å². The van der Waals surface area contributed by atoms with Crippen LogP contribution in [-0.4, -0.2) is 53.5 Å². The summed E-state index contributed by atoms with van der Waals surface area (Å²) in [5, 5.41) is 9.51. The van der Waals surface area contributed by atoms with Gasteiger partial charge in [-0.05, 0) is 31.7 Å². The van der Waals surface area contributed by atoms with Crippen molar-refractivity contribution in [1.29, 1.82) is 0 Å². The van der Waals surface area contributed by atoms with Crippen molar-refractivity contribution in [2.75, 3.05) is 20.6 Å². The van der Waals surface area contributed by atoms with Crippen LogP contribution in [0.4, 0.5) is 0 Å². The van der Waals surface area contributed by atoms with E-state index in [1.807, 2.05) is 12.1 Å². The van der Waals surface area contributed by atoms with E-state index in [0.717, 1.165) is 5.56 Å². The normalized spacial score (nSPS) is 12.2. The molecule has 1 aromatic carbocycles. The Kier molecular flexibility index (Phi) is 5.98. The second kappa shape index (κ2) is 7.26. The standard InChI is InChI=1S/C14H19ClN2O3/c1-10(14(19)20)16(2)9-13(18)17(3)8-11-5-4-6-12(15)7-11/h4-7,10H,8-9H2,1-3H3,(H,19,20). The van der Waals surface area contributed by atoms with Gasteiger partial charge < -0.3 is 10.0 Å².